The molecule has 5 nitrogen and oxygen atoms in total. The lowest BCUT2D eigenvalue weighted by atomic mass is 10.3. The first-order valence-electron chi connectivity index (χ1n) is 7.49. The molecule has 0 radical (unpaired) electrons. The number of anilines is 1. The van der Waals surface area contributed by atoms with E-state index < -0.39 is 18.0 Å². The third-order valence-electron chi connectivity index (χ3n) is 3.13. The van der Waals surface area contributed by atoms with E-state index in [4.69, 9.17) is 21.1 Å². The second-order valence-electron chi connectivity index (χ2n) is 5.01. The Morgan fingerprint density at radius 2 is 1.75 bits per heavy atom. The summed E-state index contributed by atoms with van der Waals surface area (Å²) in [6.07, 6.45) is -0.871. The Hall–Kier alpha value is -2.53. The Bertz CT molecular complexity index is 690. The van der Waals surface area contributed by atoms with Gasteiger partial charge in [0.15, 0.2) is 6.10 Å². The van der Waals surface area contributed by atoms with Crippen LogP contribution in [-0.4, -0.2) is 24.6 Å². The van der Waals surface area contributed by atoms with Gasteiger partial charge in [-0.3, -0.25) is 9.59 Å². The van der Waals surface area contributed by atoms with Crippen LogP contribution < -0.4 is 10.1 Å². The maximum Gasteiger partial charge on any atom is 0.310 e. The van der Waals surface area contributed by atoms with Crippen LogP contribution in [0, 0.1) is 0 Å². The number of amides is 1. The van der Waals surface area contributed by atoms with E-state index in [0.29, 0.717) is 16.5 Å². The molecule has 0 aromatic heterocycles. The molecule has 1 N–H and O–H groups in total. The number of ether oxygens (including phenoxy) is 2. The van der Waals surface area contributed by atoms with Crippen molar-refractivity contribution in [2.45, 2.75) is 19.4 Å². The Morgan fingerprint density at radius 1 is 1.08 bits per heavy atom. The third kappa shape index (κ3) is 5.59. The van der Waals surface area contributed by atoms with Crippen molar-refractivity contribution in [3.8, 4) is 5.75 Å². The van der Waals surface area contributed by atoms with Crippen molar-refractivity contribution in [1.82, 2.24) is 0 Å². The monoisotopic (exact) mass is 347 g/mol. The van der Waals surface area contributed by atoms with Crippen LogP contribution in [-0.2, 0) is 14.3 Å². The van der Waals surface area contributed by atoms with Gasteiger partial charge in [0.1, 0.15) is 5.75 Å². The maximum absolute atomic E-state index is 12.0. The van der Waals surface area contributed by atoms with E-state index in [-0.39, 0.29) is 13.0 Å². The van der Waals surface area contributed by atoms with Gasteiger partial charge in [-0.15, -0.1) is 0 Å². The molecule has 1 amide bonds. The molecule has 0 unspecified atom stereocenters. The van der Waals surface area contributed by atoms with E-state index in [1.165, 1.54) is 6.92 Å². The van der Waals surface area contributed by atoms with Crippen molar-refractivity contribution in [2.24, 2.45) is 0 Å². The predicted octanol–water partition coefficient (Wildman–Crippen LogP) is 3.68. The number of esters is 1. The summed E-state index contributed by atoms with van der Waals surface area (Å²) in [6, 6.07) is 16.0. The molecule has 0 aliphatic heterocycles. The standard InChI is InChI=1S/C18H18ClNO4/c1-13(18(22)20-16-10-6-5-9-15(16)19)24-17(21)11-12-23-14-7-3-2-4-8-14/h2-10,13H,11-12H2,1H3,(H,20,22)/t13-/m0/s1. The zero-order valence-electron chi connectivity index (χ0n) is 13.2. The van der Waals surface area contributed by atoms with Gasteiger partial charge in [0.05, 0.1) is 23.7 Å². The fraction of sp³-hybridized carbons (Fsp3) is 0.222. The fourth-order valence-electron chi connectivity index (χ4n) is 1.88. The molecule has 2 aromatic rings. The summed E-state index contributed by atoms with van der Waals surface area (Å²) in [6.45, 7) is 1.68. The Labute approximate surface area is 145 Å². The number of carbonyl (C=O) groups is 2. The van der Waals surface area contributed by atoms with Gasteiger partial charge >= 0.3 is 5.97 Å². The van der Waals surface area contributed by atoms with Crippen LogP contribution in [0.25, 0.3) is 0 Å². The van der Waals surface area contributed by atoms with E-state index in [9.17, 15) is 9.59 Å². The molecule has 0 bridgehead atoms. The minimum absolute atomic E-state index is 0.0542. The molecule has 0 saturated carbocycles. The molecule has 6 heteroatoms. The number of benzene rings is 2. The van der Waals surface area contributed by atoms with Crippen LogP contribution in [0.4, 0.5) is 5.69 Å². The van der Waals surface area contributed by atoms with Crippen molar-refractivity contribution in [3.63, 3.8) is 0 Å². The first kappa shape index (κ1) is 17.8. The van der Waals surface area contributed by atoms with Crippen LogP contribution in [0.15, 0.2) is 54.6 Å². The van der Waals surface area contributed by atoms with Gasteiger partial charge in [0.2, 0.25) is 0 Å². The minimum Gasteiger partial charge on any atom is -0.493 e. The summed E-state index contributed by atoms with van der Waals surface area (Å²) in [5.74, 6) is -0.275. The number of hydrogen-bond donors (Lipinski definition) is 1. The SMILES string of the molecule is C[C@H](OC(=O)CCOc1ccccc1)C(=O)Nc1ccccc1Cl. The summed E-state index contributed by atoms with van der Waals surface area (Å²) in [4.78, 5) is 23.8. The smallest absolute Gasteiger partial charge is 0.310 e. The topological polar surface area (TPSA) is 64.6 Å². The molecule has 2 aromatic carbocycles. The summed E-state index contributed by atoms with van der Waals surface area (Å²) in [7, 11) is 0. The first-order valence-corrected chi connectivity index (χ1v) is 7.87. The largest absolute Gasteiger partial charge is 0.493 e. The van der Waals surface area contributed by atoms with Gasteiger partial charge in [-0.25, -0.2) is 0 Å². The van der Waals surface area contributed by atoms with Crippen LogP contribution >= 0.6 is 11.6 Å². The second-order valence-corrected chi connectivity index (χ2v) is 5.42. The van der Waals surface area contributed by atoms with Crippen molar-refractivity contribution in [3.05, 3.63) is 59.6 Å². The highest BCUT2D eigenvalue weighted by molar-refractivity contribution is 6.33. The van der Waals surface area contributed by atoms with Crippen LogP contribution in [0.1, 0.15) is 13.3 Å². The van der Waals surface area contributed by atoms with E-state index in [0.717, 1.165) is 0 Å². The lowest BCUT2D eigenvalue weighted by Gasteiger charge is -2.14. The number of para-hydroxylation sites is 2. The van der Waals surface area contributed by atoms with Crippen molar-refractivity contribution in [1.29, 1.82) is 0 Å². The molecule has 0 heterocycles. The van der Waals surface area contributed by atoms with Crippen molar-refractivity contribution >= 4 is 29.2 Å². The Kier molecular flexibility index (Phi) is 6.63. The lowest BCUT2D eigenvalue weighted by Crippen LogP contribution is -2.30. The summed E-state index contributed by atoms with van der Waals surface area (Å²) >= 11 is 5.97. The highest BCUT2D eigenvalue weighted by Crippen LogP contribution is 2.20. The van der Waals surface area contributed by atoms with Crippen LogP contribution in [0.5, 0.6) is 5.75 Å². The molecule has 0 fully saturated rings. The Balaban J connectivity index is 1.74. The molecule has 126 valence electrons. The molecule has 24 heavy (non-hydrogen) atoms. The molecule has 1 atom stereocenters. The number of hydrogen-bond acceptors (Lipinski definition) is 4. The zero-order chi connectivity index (χ0) is 17.4. The van der Waals surface area contributed by atoms with Gasteiger partial charge in [0, 0.05) is 0 Å². The molecular formula is C18H18ClNO4. The van der Waals surface area contributed by atoms with E-state index >= 15 is 0 Å². The highest BCUT2D eigenvalue weighted by atomic mass is 35.5. The summed E-state index contributed by atoms with van der Waals surface area (Å²) in [5, 5.41) is 3.04. The molecule has 0 aliphatic rings. The fourth-order valence-corrected chi connectivity index (χ4v) is 2.06. The van der Waals surface area contributed by atoms with Gasteiger partial charge in [0.25, 0.3) is 5.91 Å². The zero-order valence-corrected chi connectivity index (χ0v) is 14.0. The molecule has 0 saturated heterocycles. The average Bonchev–Trinajstić information content (AvgIpc) is 2.57. The minimum atomic E-state index is -0.925. The third-order valence-corrected chi connectivity index (χ3v) is 3.46. The normalized spacial score (nSPS) is 11.4. The molecule has 0 spiro atoms. The van der Waals surface area contributed by atoms with Crippen molar-refractivity contribution < 1.29 is 19.1 Å². The molecule has 2 rings (SSSR count). The van der Waals surface area contributed by atoms with E-state index in [1.807, 2.05) is 18.2 Å². The lowest BCUT2D eigenvalue weighted by molar-refractivity contribution is -0.153. The predicted molar refractivity (Wildman–Crippen MR) is 92.2 cm³/mol. The highest BCUT2D eigenvalue weighted by Gasteiger charge is 2.18. The Morgan fingerprint density at radius 3 is 2.46 bits per heavy atom. The number of rotatable bonds is 7. The second kappa shape index (κ2) is 8.93. The average molecular weight is 348 g/mol. The van der Waals surface area contributed by atoms with Gasteiger partial charge < -0.3 is 14.8 Å². The van der Waals surface area contributed by atoms with E-state index in [1.54, 1.807) is 36.4 Å². The van der Waals surface area contributed by atoms with Gasteiger partial charge in [-0.2, -0.15) is 0 Å². The van der Waals surface area contributed by atoms with Crippen LogP contribution in [0.3, 0.4) is 0 Å². The van der Waals surface area contributed by atoms with Crippen LogP contribution in [0.2, 0.25) is 5.02 Å². The maximum atomic E-state index is 12.0. The number of carbonyl (C=O) groups excluding carboxylic acids is 2. The quantitative estimate of drug-likeness (QED) is 0.776. The molecule has 0 aliphatic carbocycles. The van der Waals surface area contributed by atoms with Crippen molar-refractivity contribution in [2.75, 3.05) is 11.9 Å². The first-order chi connectivity index (χ1) is 11.6. The number of halogens is 1. The summed E-state index contributed by atoms with van der Waals surface area (Å²) < 4.78 is 10.5. The summed E-state index contributed by atoms with van der Waals surface area (Å²) in [5.41, 5.74) is 0.472. The van der Waals surface area contributed by atoms with E-state index in [2.05, 4.69) is 5.32 Å². The molecular weight excluding hydrogens is 330 g/mol. The number of nitrogens with one attached hydrogen (secondary N) is 1. The van der Waals surface area contributed by atoms with Gasteiger partial charge in [-0.1, -0.05) is 41.9 Å². The van der Waals surface area contributed by atoms with Gasteiger partial charge in [-0.05, 0) is 31.2 Å².